The topological polar surface area (TPSA) is 23.6 Å². The maximum Gasteiger partial charge on any atom is 0.223 e. The molecule has 1 unspecified atom stereocenters. The molecule has 2 saturated heterocycles. The second kappa shape index (κ2) is 8.17. The number of rotatable bonds is 4. The Kier molecular flexibility index (Phi) is 6.53. The molecule has 1 amide bonds. The zero-order valence-corrected chi connectivity index (χ0v) is 14.3. The molecule has 2 rings (SSSR count). The highest BCUT2D eigenvalue weighted by atomic mass is 16.2. The molecule has 0 radical (unpaired) electrons. The molecule has 0 spiro atoms. The molecule has 0 aromatic rings. The van der Waals surface area contributed by atoms with Crippen LogP contribution in [0.2, 0.25) is 0 Å². The first-order valence-corrected chi connectivity index (χ1v) is 9.08. The fourth-order valence-electron chi connectivity index (χ4n) is 3.70. The molecular formula is C18H34N2O. The Morgan fingerprint density at radius 3 is 2.43 bits per heavy atom. The number of carbonyl (C=O) groups is 1. The van der Waals surface area contributed by atoms with Crippen LogP contribution in [0.4, 0.5) is 0 Å². The molecule has 0 aliphatic carbocycles. The smallest absolute Gasteiger partial charge is 0.223 e. The van der Waals surface area contributed by atoms with Gasteiger partial charge < -0.3 is 9.80 Å². The Balaban J connectivity index is 1.93. The maximum atomic E-state index is 12.6. The van der Waals surface area contributed by atoms with Crippen LogP contribution in [0.25, 0.3) is 0 Å². The van der Waals surface area contributed by atoms with Gasteiger partial charge in [-0.15, -0.1) is 0 Å². The highest BCUT2D eigenvalue weighted by Crippen LogP contribution is 2.22. The summed E-state index contributed by atoms with van der Waals surface area (Å²) in [4.78, 5) is 17.4. The summed E-state index contributed by atoms with van der Waals surface area (Å²) in [7, 11) is 0. The van der Waals surface area contributed by atoms with Gasteiger partial charge >= 0.3 is 0 Å². The molecule has 2 fully saturated rings. The summed E-state index contributed by atoms with van der Waals surface area (Å²) >= 11 is 0. The molecule has 3 nitrogen and oxygen atoms in total. The van der Waals surface area contributed by atoms with Crippen LogP contribution in [-0.4, -0.2) is 47.9 Å². The minimum Gasteiger partial charge on any atom is -0.338 e. The number of piperidine rings is 1. The normalized spacial score (nSPS) is 26.1. The number of hydrogen-bond acceptors (Lipinski definition) is 2. The largest absolute Gasteiger partial charge is 0.338 e. The minimum absolute atomic E-state index is 0.391. The summed E-state index contributed by atoms with van der Waals surface area (Å²) in [5.74, 6) is 1.74. The van der Waals surface area contributed by atoms with Crippen LogP contribution < -0.4 is 0 Å². The predicted molar refractivity (Wildman–Crippen MR) is 88.3 cm³/mol. The highest BCUT2D eigenvalue weighted by Gasteiger charge is 2.28. The lowest BCUT2D eigenvalue weighted by molar-refractivity contribution is -0.134. The Hall–Kier alpha value is -0.570. The van der Waals surface area contributed by atoms with Gasteiger partial charge in [0.05, 0.1) is 0 Å². The Labute approximate surface area is 131 Å². The van der Waals surface area contributed by atoms with Crippen LogP contribution in [-0.2, 0) is 4.79 Å². The molecule has 2 aliphatic heterocycles. The fraction of sp³-hybridized carbons (Fsp3) is 0.944. The number of hydrogen-bond donors (Lipinski definition) is 0. The van der Waals surface area contributed by atoms with Gasteiger partial charge in [-0.25, -0.2) is 0 Å². The zero-order chi connectivity index (χ0) is 15.2. The number of carbonyl (C=O) groups excluding carboxylic acids is 1. The third-order valence-corrected chi connectivity index (χ3v) is 5.13. The lowest BCUT2D eigenvalue weighted by atomic mass is 9.98. The summed E-state index contributed by atoms with van der Waals surface area (Å²) in [6.45, 7) is 11.2. The first-order chi connectivity index (χ1) is 10.1. The van der Waals surface area contributed by atoms with Gasteiger partial charge in [-0.2, -0.15) is 0 Å². The van der Waals surface area contributed by atoms with E-state index >= 15 is 0 Å². The quantitative estimate of drug-likeness (QED) is 0.792. The van der Waals surface area contributed by atoms with Crippen molar-refractivity contribution in [3.63, 3.8) is 0 Å². The van der Waals surface area contributed by atoms with Crippen molar-refractivity contribution >= 4 is 5.91 Å². The van der Waals surface area contributed by atoms with Crippen molar-refractivity contribution in [1.29, 1.82) is 0 Å². The van der Waals surface area contributed by atoms with E-state index in [1.165, 1.54) is 51.6 Å². The van der Waals surface area contributed by atoms with E-state index in [9.17, 15) is 4.79 Å². The van der Waals surface area contributed by atoms with Crippen molar-refractivity contribution in [1.82, 2.24) is 9.80 Å². The Morgan fingerprint density at radius 2 is 1.76 bits per heavy atom. The van der Waals surface area contributed by atoms with E-state index in [1.54, 1.807) is 0 Å². The van der Waals surface area contributed by atoms with Crippen molar-refractivity contribution in [3.05, 3.63) is 0 Å². The van der Waals surface area contributed by atoms with Crippen LogP contribution >= 0.6 is 0 Å². The average molecular weight is 294 g/mol. The predicted octanol–water partition coefficient (Wildman–Crippen LogP) is 3.54. The van der Waals surface area contributed by atoms with Gasteiger partial charge in [0.25, 0.3) is 0 Å². The Morgan fingerprint density at radius 1 is 1.05 bits per heavy atom. The van der Waals surface area contributed by atoms with Crippen LogP contribution in [0.5, 0.6) is 0 Å². The minimum atomic E-state index is 0.391. The first kappa shape index (κ1) is 16.8. The Bertz CT molecular complexity index is 321. The molecular weight excluding hydrogens is 260 g/mol. The van der Waals surface area contributed by atoms with Crippen molar-refractivity contribution in [2.75, 3.05) is 26.2 Å². The summed E-state index contributed by atoms with van der Waals surface area (Å²) in [6, 6.07) is 0.465. The van der Waals surface area contributed by atoms with Crippen molar-refractivity contribution in [2.24, 2.45) is 11.8 Å². The van der Waals surface area contributed by atoms with E-state index in [2.05, 4.69) is 30.6 Å². The number of nitrogens with zero attached hydrogens (tertiary/aromatic N) is 2. The number of likely N-dealkylation sites (tertiary alicyclic amines) is 2. The van der Waals surface area contributed by atoms with E-state index < -0.39 is 0 Å². The monoisotopic (exact) mass is 294 g/mol. The average Bonchev–Trinajstić information content (AvgIpc) is 2.66. The van der Waals surface area contributed by atoms with E-state index in [1.807, 2.05) is 0 Å². The van der Waals surface area contributed by atoms with Gasteiger partial charge in [-0.1, -0.05) is 33.6 Å². The second-order valence-corrected chi connectivity index (χ2v) is 7.67. The molecule has 0 aromatic heterocycles. The summed E-state index contributed by atoms with van der Waals surface area (Å²) in [5, 5.41) is 0. The lowest BCUT2D eigenvalue weighted by Crippen LogP contribution is -2.48. The van der Waals surface area contributed by atoms with E-state index in [0.717, 1.165) is 19.0 Å². The van der Waals surface area contributed by atoms with Gasteiger partial charge in [-0.3, -0.25) is 4.79 Å². The molecule has 2 heterocycles. The van der Waals surface area contributed by atoms with Crippen LogP contribution in [0.1, 0.15) is 65.7 Å². The van der Waals surface area contributed by atoms with Crippen molar-refractivity contribution in [3.8, 4) is 0 Å². The third kappa shape index (κ3) is 5.28. The van der Waals surface area contributed by atoms with E-state index in [0.29, 0.717) is 24.3 Å². The molecule has 0 N–H and O–H groups in total. The number of amides is 1. The van der Waals surface area contributed by atoms with Crippen LogP contribution in [0.3, 0.4) is 0 Å². The van der Waals surface area contributed by atoms with Crippen molar-refractivity contribution in [2.45, 2.75) is 71.8 Å². The van der Waals surface area contributed by atoms with Gasteiger partial charge in [0, 0.05) is 25.6 Å². The SMILES string of the molecule is CC(C)CC(=O)N1CCCCCC1CN1CCC(C)CC1. The molecule has 122 valence electrons. The second-order valence-electron chi connectivity index (χ2n) is 7.67. The molecule has 21 heavy (non-hydrogen) atoms. The first-order valence-electron chi connectivity index (χ1n) is 9.08. The van der Waals surface area contributed by atoms with Gasteiger partial charge in [0.1, 0.15) is 0 Å². The van der Waals surface area contributed by atoms with Crippen molar-refractivity contribution < 1.29 is 4.79 Å². The third-order valence-electron chi connectivity index (χ3n) is 5.13. The van der Waals surface area contributed by atoms with E-state index in [4.69, 9.17) is 0 Å². The summed E-state index contributed by atoms with van der Waals surface area (Å²) < 4.78 is 0. The highest BCUT2D eigenvalue weighted by molar-refractivity contribution is 5.76. The molecule has 0 saturated carbocycles. The summed E-state index contributed by atoms with van der Waals surface area (Å²) in [6.07, 6.45) is 8.35. The molecule has 0 aromatic carbocycles. The van der Waals surface area contributed by atoms with Crippen LogP contribution in [0, 0.1) is 11.8 Å². The van der Waals surface area contributed by atoms with Gasteiger partial charge in [0.15, 0.2) is 0 Å². The van der Waals surface area contributed by atoms with Gasteiger partial charge in [0.2, 0.25) is 5.91 Å². The van der Waals surface area contributed by atoms with E-state index in [-0.39, 0.29) is 0 Å². The van der Waals surface area contributed by atoms with Gasteiger partial charge in [-0.05, 0) is 50.6 Å². The summed E-state index contributed by atoms with van der Waals surface area (Å²) in [5.41, 5.74) is 0. The standard InChI is InChI=1S/C18H34N2O/c1-15(2)13-18(21)20-10-6-4-5-7-17(20)14-19-11-8-16(3)9-12-19/h15-17H,4-14H2,1-3H3. The molecule has 3 heteroatoms. The molecule has 1 atom stereocenters. The molecule has 2 aliphatic rings. The fourth-order valence-corrected chi connectivity index (χ4v) is 3.70. The zero-order valence-electron chi connectivity index (χ0n) is 14.3. The van der Waals surface area contributed by atoms with Crippen LogP contribution in [0.15, 0.2) is 0 Å². The molecule has 0 bridgehead atoms. The lowest BCUT2D eigenvalue weighted by Gasteiger charge is -2.37. The maximum absolute atomic E-state index is 12.6.